The molecule has 1 aliphatic heterocycles. The number of rotatable bonds is 0. The van der Waals surface area contributed by atoms with Gasteiger partial charge >= 0.3 is 0 Å². The third-order valence-corrected chi connectivity index (χ3v) is 0.880. The minimum absolute atomic E-state index is 0.536. The van der Waals surface area contributed by atoms with E-state index in [2.05, 4.69) is 9.98 Å². The molecule has 2 heteroatoms. The highest BCUT2D eigenvalue weighted by Gasteiger charge is 1.70. The number of nitrogens with zero attached hydrogens (tertiary/aromatic N) is 2. The lowest BCUT2D eigenvalue weighted by molar-refractivity contribution is 1.09. The molecule has 9 heavy (non-hydrogen) atoms. The molecule has 0 aromatic heterocycles. The summed E-state index contributed by atoms with van der Waals surface area (Å²) >= 11 is 0. The third-order valence-electron chi connectivity index (χ3n) is 0.880. The summed E-state index contributed by atoms with van der Waals surface area (Å²) in [5, 5.41) is 0. The van der Waals surface area contributed by atoms with Crippen molar-refractivity contribution in [3.05, 3.63) is 24.3 Å². The molecule has 0 aromatic carbocycles. The molecule has 0 radical (unpaired) electrons. The molecule has 0 atom stereocenters. The average molecular weight is 120 g/mol. The van der Waals surface area contributed by atoms with Crippen LogP contribution >= 0.6 is 0 Å². The van der Waals surface area contributed by atoms with Crippen LogP contribution in [0.4, 0.5) is 0 Å². The zero-order valence-electron chi connectivity index (χ0n) is 5.07. The number of hydrogen-bond acceptors (Lipinski definition) is 2. The van der Waals surface area contributed by atoms with E-state index in [4.69, 9.17) is 0 Å². The number of allylic oxidation sites excluding steroid dienone is 4. The molecule has 0 saturated carbocycles. The Morgan fingerprint density at radius 3 is 1.89 bits per heavy atom. The van der Waals surface area contributed by atoms with Crippen LogP contribution in [0.2, 0.25) is 0 Å². The van der Waals surface area contributed by atoms with Crippen LogP contribution in [0.5, 0.6) is 0 Å². The molecule has 1 rings (SSSR count). The fourth-order valence-electron chi connectivity index (χ4n) is 0.491. The van der Waals surface area contributed by atoms with Crippen LogP contribution < -0.4 is 0 Å². The normalized spacial score (nSPS) is 16.9. The van der Waals surface area contributed by atoms with Gasteiger partial charge in [0.25, 0.3) is 0 Å². The molecule has 0 unspecified atom stereocenters. The van der Waals surface area contributed by atoms with Crippen molar-refractivity contribution in [3.63, 3.8) is 0 Å². The molecule has 1 aliphatic rings. The van der Waals surface area contributed by atoms with Crippen molar-refractivity contribution < 1.29 is 0 Å². The molecule has 2 nitrogen and oxygen atoms in total. The first-order valence-electron chi connectivity index (χ1n) is 2.82. The van der Waals surface area contributed by atoms with Crippen molar-refractivity contribution in [1.29, 1.82) is 0 Å². The van der Waals surface area contributed by atoms with Crippen molar-refractivity contribution in [3.8, 4) is 0 Å². The van der Waals surface area contributed by atoms with Crippen molar-refractivity contribution in [2.75, 3.05) is 6.67 Å². The van der Waals surface area contributed by atoms with Gasteiger partial charge in [-0.05, 0) is 12.2 Å². The lowest BCUT2D eigenvalue weighted by Crippen LogP contribution is -1.72. The quantitative estimate of drug-likeness (QED) is 0.459. The monoisotopic (exact) mass is 120 g/mol. The lowest BCUT2D eigenvalue weighted by atomic mass is 10.4. The lowest BCUT2D eigenvalue weighted by Gasteiger charge is -1.76. The molecule has 0 amide bonds. The summed E-state index contributed by atoms with van der Waals surface area (Å²) in [4.78, 5) is 7.88. The van der Waals surface area contributed by atoms with Gasteiger partial charge in [0.15, 0.2) is 0 Å². The maximum Gasteiger partial charge on any atom is 0.129 e. The van der Waals surface area contributed by atoms with E-state index in [0.717, 1.165) is 0 Å². The van der Waals surface area contributed by atoms with E-state index in [1.165, 1.54) is 0 Å². The van der Waals surface area contributed by atoms with Crippen molar-refractivity contribution in [2.45, 2.75) is 0 Å². The van der Waals surface area contributed by atoms with Gasteiger partial charge in [0.2, 0.25) is 0 Å². The maximum absolute atomic E-state index is 3.94. The summed E-state index contributed by atoms with van der Waals surface area (Å²) in [5.41, 5.74) is 0. The average Bonchev–Trinajstić information content (AvgIpc) is 2.00. The smallest absolute Gasteiger partial charge is 0.129 e. The topological polar surface area (TPSA) is 24.7 Å². The highest BCUT2D eigenvalue weighted by Crippen LogP contribution is 1.79. The van der Waals surface area contributed by atoms with Crippen LogP contribution in [-0.4, -0.2) is 19.1 Å². The van der Waals surface area contributed by atoms with Crippen LogP contribution in [-0.2, 0) is 0 Å². The van der Waals surface area contributed by atoms with E-state index in [-0.39, 0.29) is 0 Å². The Balaban J connectivity index is 2.60. The molecule has 0 N–H and O–H groups in total. The Morgan fingerprint density at radius 1 is 0.778 bits per heavy atom. The Morgan fingerprint density at radius 2 is 1.33 bits per heavy atom. The van der Waals surface area contributed by atoms with Crippen LogP contribution in [0.25, 0.3) is 0 Å². The molecule has 0 fully saturated rings. The second-order valence-electron chi connectivity index (χ2n) is 1.57. The molecule has 46 valence electrons. The summed E-state index contributed by atoms with van der Waals surface area (Å²) in [5.74, 6) is 0. The molecular formula is C7H8N2. The summed E-state index contributed by atoms with van der Waals surface area (Å²) in [6.07, 6.45) is 11.1. The Kier molecular flexibility index (Phi) is 2.50. The second-order valence-corrected chi connectivity index (χ2v) is 1.57. The largest absolute Gasteiger partial charge is 0.270 e. The molecular weight excluding hydrogens is 112 g/mol. The van der Waals surface area contributed by atoms with Gasteiger partial charge in [-0.25, -0.2) is 0 Å². The molecule has 0 bridgehead atoms. The SMILES string of the molecule is C1=CC=NCN=CC=C1. The molecule has 0 saturated heterocycles. The molecule has 1 heterocycles. The number of aliphatic imine (C=N–C) groups is 2. The van der Waals surface area contributed by atoms with Crippen molar-refractivity contribution >= 4 is 12.4 Å². The van der Waals surface area contributed by atoms with Gasteiger partial charge in [-0.15, -0.1) is 0 Å². The van der Waals surface area contributed by atoms with Crippen LogP contribution in [0, 0.1) is 0 Å². The first-order valence-corrected chi connectivity index (χ1v) is 2.82. The van der Waals surface area contributed by atoms with Gasteiger partial charge in [0.1, 0.15) is 6.67 Å². The Hall–Kier alpha value is -1.18. The summed E-state index contributed by atoms with van der Waals surface area (Å²) < 4.78 is 0. The van der Waals surface area contributed by atoms with Gasteiger partial charge < -0.3 is 0 Å². The van der Waals surface area contributed by atoms with Crippen LogP contribution in [0.1, 0.15) is 0 Å². The zero-order chi connectivity index (χ0) is 6.36. The Labute approximate surface area is 54.3 Å². The zero-order valence-corrected chi connectivity index (χ0v) is 5.07. The standard InChI is InChI=1S/C7H8N2/c1-2-4-6-9-7-8-5-3-1/h1-6H,7H2. The summed E-state index contributed by atoms with van der Waals surface area (Å²) in [6.45, 7) is 0.536. The van der Waals surface area contributed by atoms with Gasteiger partial charge in [-0.1, -0.05) is 12.2 Å². The first-order chi connectivity index (χ1) is 4.50. The first kappa shape index (κ1) is 5.95. The minimum atomic E-state index is 0.536. The fraction of sp³-hybridized carbons (Fsp3) is 0.143. The van der Waals surface area contributed by atoms with E-state index in [0.29, 0.717) is 6.67 Å². The highest BCUT2D eigenvalue weighted by molar-refractivity contribution is 5.75. The predicted molar refractivity (Wildman–Crippen MR) is 40.1 cm³/mol. The number of hydrogen-bond donors (Lipinski definition) is 0. The summed E-state index contributed by atoms with van der Waals surface area (Å²) in [7, 11) is 0. The van der Waals surface area contributed by atoms with Gasteiger partial charge in [-0.2, -0.15) is 0 Å². The minimum Gasteiger partial charge on any atom is -0.270 e. The molecule has 0 aliphatic carbocycles. The maximum atomic E-state index is 3.94. The van der Waals surface area contributed by atoms with E-state index < -0.39 is 0 Å². The van der Waals surface area contributed by atoms with E-state index >= 15 is 0 Å². The van der Waals surface area contributed by atoms with E-state index in [9.17, 15) is 0 Å². The predicted octanol–water partition coefficient (Wildman–Crippen LogP) is 1.21. The second kappa shape index (κ2) is 3.78. The fourth-order valence-corrected chi connectivity index (χ4v) is 0.491. The Bertz CT molecular complexity index is 155. The van der Waals surface area contributed by atoms with Crippen molar-refractivity contribution in [1.82, 2.24) is 0 Å². The van der Waals surface area contributed by atoms with Gasteiger partial charge in [0, 0.05) is 12.4 Å². The molecule has 0 spiro atoms. The van der Waals surface area contributed by atoms with Gasteiger partial charge in [0.05, 0.1) is 0 Å². The van der Waals surface area contributed by atoms with Crippen molar-refractivity contribution in [2.24, 2.45) is 9.98 Å². The highest BCUT2D eigenvalue weighted by atomic mass is 14.9. The van der Waals surface area contributed by atoms with Crippen LogP contribution in [0.15, 0.2) is 34.3 Å². The van der Waals surface area contributed by atoms with E-state index in [1.54, 1.807) is 12.4 Å². The van der Waals surface area contributed by atoms with E-state index in [1.807, 2.05) is 24.3 Å². The van der Waals surface area contributed by atoms with Crippen LogP contribution in [0.3, 0.4) is 0 Å². The summed E-state index contributed by atoms with van der Waals surface area (Å²) in [6, 6.07) is 0. The van der Waals surface area contributed by atoms with Gasteiger partial charge in [-0.3, -0.25) is 9.98 Å². The molecule has 0 aromatic rings. The third kappa shape index (κ3) is 2.59.